The topological polar surface area (TPSA) is 16.1 Å². The summed E-state index contributed by atoms with van der Waals surface area (Å²) in [5.74, 6) is 0. The van der Waals surface area contributed by atoms with Crippen molar-refractivity contribution in [2.75, 3.05) is 13.1 Å². The van der Waals surface area contributed by atoms with E-state index < -0.39 is 0 Å². The van der Waals surface area contributed by atoms with Crippen LogP contribution in [0.25, 0.3) is 0 Å². The second kappa shape index (κ2) is 5.85. The molecular formula is C16H20N2S. The van der Waals surface area contributed by atoms with Gasteiger partial charge in [-0.25, -0.2) is 4.98 Å². The zero-order valence-electron chi connectivity index (χ0n) is 11.4. The molecule has 1 aliphatic heterocycles. The molecule has 0 amide bonds. The first-order chi connectivity index (χ1) is 9.33. The fourth-order valence-electron chi connectivity index (χ4n) is 2.93. The first kappa shape index (κ1) is 12.8. The summed E-state index contributed by atoms with van der Waals surface area (Å²) in [6.07, 6.45) is 3.68. The minimum absolute atomic E-state index is 0.612. The third kappa shape index (κ3) is 3.04. The molecule has 2 heterocycles. The van der Waals surface area contributed by atoms with Crippen molar-refractivity contribution in [1.29, 1.82) is 0 Å². The van der Waals surface area contributed by atoms with Crippen LogP contribution in [0, 0.1) is 6.92 Å². The molecule has 1 atom stereocenters. The van der Waals surface area contributed by atoms with Crippen molar-refractivity contribution >= 4 is 11.3 Å². The molecule has 2 nitrogen and oxygen atoms in total. The summed E-state index contributed by atoms with van der Waals surface area (Å²) in [6, 6.07) is 11.5. The number of benzene rings is 1. The van der Waals surface area contributed by atoms with E-state index in [1.165, 1.54) is 35.7 Å². The minimum atomic E-state index is 0.612. The largest absolute Gasteiger partial charge is 0.296 e. The Morgan fingerprint density at radius 3 is 2.89 bits per heavy atom. The highest BCUT2D eigenvalue weighted by molar-refractivity contribution is 7.09. The lowest BCUT2D eigenvalue weighted by molar-refractivity contribution is 0.260. The van der Waals surface area contributed by atoms with E-state index in [1.807, 2.05) is 0 Å². The molecule has 1 fully saturated rings. The highest BCUT2D eigenvalue weighted by Gasteiger charge is 2.25. The quantitative estimate of drug-likeness (QED) is 0.841. The van der Waals surface area contributed by atoms with Gasteiger partial charge in [0.2, 0.25) is 0 Å². The van der Waals surface area contributed by atoms with Gasteiger partial charge in [-0.15, -0.1) is 11.3 Å². The molecule has 0 aliphatic carbocycles. The third-order valence-electron chi connectivity index (χ3n) is 3.87. The van der Waals surface area contributed by atoms with Crippen molar-refractivity contribution in [2.24, 2.45) is 0 Å². The Morgan fingerprint density at radius 1 is 1.32 bits per heavy atom. The number of hydrogen-bond acceptors (Lipinski definition) is 3. The van der Waals surface area contributed by atoms with Crippen molar-refractivity contribution in [1.82, 2.24) is 9.88 Å². The Morgan fingerprint density at radius 2 is 2.16 bits per heavy atom. The van der Waals surface area contributed by atoms with E-state index in [-0.39, 0.29) is 0 Å². The second-order valence-corrected chi connectivity index (χ2v) is 6.27. The van der Waals surface area contributed by atoms with Gasteiger partial charge in [0.15, 0.2) is 0 Å². The van der Waals surface area contributed by atoms with Gasteiger partial charge in [-0.1, -0.05) is 30.3 Å². The standard InChI is InChI=1S/C16H20N2S/c1-13-17-15(12-19-13)9-11-18-10-5-8-16(18)14-6-3-2-4-7-14/h2-4,6-7,12,16H,5,8-11H2,1H3/t16-/m1/s1. The number of aromatic nitrogens is 1. The van der Waals surface area contributed by atoms with Crippen LogP contribution in [0.5, 0.6) is 0 Å². The van der Waals surface area contributed by atoms with E-state index in [2.05, 4.69) is 52.5 Å². The average Bonchev–Trinajstić information content (AvgIpc) is 3.06. The maximum atomic E-state index is 4.56. The van der Waals surface area contributed by atoms with Crippen molar-refractivity contribution in [2.45, 2.75) is 32.2 Å². The van der Waals surface area contributed by atoms with Gasteiger partial charge in [0.1, 0.15) is 0 Å². The maximum absolute atomic E-state index is 4.56. The number of likely N-dealkylation sites (tertiary alicyclic amines) is 1. The predicted octanol–water partition coefficient (Wildman–Crippen LogP) is 3.83. The van der Waals surface area contributed by atoms with Crippen LogP contribution in [0.4, 0.5) is 0 Å². The van der Waals surface area contributed by atoms with E-state index >= 15 is 0 Å². The van der Waals surface area contributed by atoms with Crippen LogP contribution in [0.15, 0.2) is 35.7 Å². The van der Waals surface area contributed by atoms with Crippen LogP contribution < -0.4 is 0 Å². The summed E-state index contributed by atoms with van der Waals surface area (Å²) in [6.45, 7) is 4.43. The molecule has 3 rings (SSSR count). The molecule has 1 aromatic heterocycles. The molecule has 0 radical (unpaired) electrons. The molecule has 0 bridgehead atoms. The lowest BCUT2D eigenvalue weighted by Crippen LogP contribution is -2.25. The normalized spacial score (nSPS) is 19.9. The summed E-state index contributed by atoms with van der Waals surface area (Å²) < 4.78 is 0. The Kier molecular flexibility index (Phi) is 3.95. The highest BCUT2D eigenvalue weighted by Crippen LogP contribution is 2.31. The highest BCUT2D eigenvalue weighted by atomic mass is 32.1. The molecule has 2 aromatic rings. The van der Waals surface area contributed by atoms with Gasteiger partial charge in [0, 0.05) is 24.4 Å². The van der Waals surface area contributed by atoms with Gasteiger partial charge in [0.25, 0.3) is 0 Å². The van der Waals surface area contributed by atoms with E-state index in [9.17, 15) is 0 Å². The molecule has 100 valence electrons. The Labute approximate surface area is 119 Å². The number of nitrogens with zero attached hydrogens (tertiary/aromatic N) is 2. The van der Waals surface area contributed by atoms with Crippen molar-refractivity contribution in [3.8, 4) is 0 Å². The van der Waals surface area contributed by atoms with Crippen molar-refractivity contribution < 1.29 is 0 Å². The summed E-state index contributed by atoms with van der Waals surface area (Å²) in [5.41, 5.74) is 2.72. The Hall–Kier alpha value is -1.19. The SMILES string of the molecule is Cc1nc(CCN2CCC[C@@H]2c2ccccc2)cs1. The summed E-state index contributed by atoms with van der Waals surface area (Å²) in [5, 5.41) is 3.37. The molecule has 1 aromatic carbocycles. The first-order valence-electron chi connectivity index (χ1n) is 7.03. The minimum Gasteiger partial charge on any atom is -0.296 e. The molecule has 3 heteroatoms. The van der Waals surface area contributed by atoms with Gasteiger partial charge >= 0.3 is 0 Å². The molecular weight excluding hydrogens is 252 g/mol. The van der Waals surface area contributed by atoms with Gasteiger partial charge in [-0.2, -0.15) is 0 Å². The molecule has 0 N–H and O–H groups in total. The van der Waals surface area contributed by atoms with Gasteiger partial charge in [-0.05, 0) is 31.9 Å². The number of thiazole rings is 1. The fraction of sp³-hybridized carbons (Fsp3) is 0.438. The van der Waals surface area contributed by atoms with Crippen molar-refractivity contribution in [3.05, 3.63) is 52.0 Å². The number of hydrogen-bond donors (Lipinski definition) is 0. The number of rotatable bonds is 4. The Bertz CT molecular complexity index is 521. The van der Waals surface area contributed by atoms with Crippen LogP contribution in [-0.4, -0.2) is 23.0 Å². The van der Waals surface area contributed by atoms with Crippen LogP contribution in [0.3, 0.4) is 0 Å². The fourth-order valence-corrected chi connectivity index (χ4v) is 3.57. The van der Waals surface area contributed by atoms with E-state index in [0.717, 1.165) is 13.0 Å². The van der Waals surface area contributed by atoms with E-state index in [4.69, 9.17) is 0 Å². The number of aryl methyl sites for hydroxylation is 1. The molecule has 1 aliphatic rings. The van der Waals surface area contributed by atoms with Crippen molar-refractivity contribution in [3.63, 3.8) is 0 Å². The Balaban J connectivity index is 1.64. The van der Waals surface area contributed by atoms with Gasteiger partial charge in [-0.3, -0.25) is 4.90 Å². The molecule has 0 saturated carbocycles. The smallest absolute Gasteiger partial charge is 0.0897 e. The summed E-state index contributed by atoms with van der Waals surface area (Å²) in [4.78, 5) is 7.18. The van der Waals surface area contributed by atoms with Gasteiger partial charge in [0.05, 0.1) is 10.7 Å². The molecule has 0 spiro atoms. The van der Waals surface area contributed by atoms with E-state index in [1.54, 1.807) is 11.3 Å². The predicted molar refractivity (Wildman–Crippen MR) is 80.5 cm³/mol. The monoisotopic (exact) mass is 272 g/mol. The molecule has 19 heavy (non-hydrogen) atoms. The lowest BCUT2D eigenvalue weighted by atomic mass is 10.0. The summed E-state index contributed by atoms with van der Waals surface area (Å²) >= 11 is 1.75. The van der Waals surface area contributed by atoms with Crippen LogP contribution in [0.2, 0.25) is 0 Å². The van der Waals surface area contributed by atoms with Gasteiger partial charge < -0.3 is 0 Å². The molecule has 1 saturated heterocycles. The average molecular weight is 272 g/mol. The van der Waals surface area contributed by atoms with Crippen LogP contribution in [-0.2, 0) is 6.42 Å². The van der Waals surface area contributed by atoms with Crippen LogP contribution >= 0.6 is 11.3 Å². The maximum Gasteiger partial charge on any atom is 0.0897 e. The first-order valence-corrected chi connectivity index (χ1v) is 7.91. The summed E-state index contributed by atoms with van der Waals surface area (Å²) in [7, 11) is 0. The van der Waals surface area contributed by atoms with Crippen LogP contribution in [0.1, 0.15) is 35.1 Å². The zero-order chi connectivity index (χ0) is 13.1. The lowest BCUT2D eigenvalue weighted by Gasteiger charge is -2.24. The van der Waals surface area contributed by atoms with E-state index in [0.29, 0.717) is 6.04 Å². The second-order valence-electron chi connectivity index (χ2n) is 5.21. The third-order valence-corrected chi connectivity index (χ3v) is 4.69. The zero-order valence-corrected chi connectivity index (χ0v) is 12.2. The molecule has 0 unspecified atom stereocenters.